The highest BCUT2D eigenvalue weighted by atomic mass is 32.2. The molecule has 1 heterocycles. The minimum Gasteiger partial charge on any atom is -0.326 e. The van der Waals surface area contributed by atoms with Crippen molar-refractivity contribution in [2.45, 2.75) is 31.3 Å². The van der Waals surface area contributed by atoms with Crippen LogP contribution < -0.4 is 10.5 Å². The van der Waals surface area contributed by atoms with Crippen LogP contribution in [0.1, 0.15) is 29.7 Å². The van der Waals surface area contributed by atoms with Gasteiger partial charge >= 0.3 is 0 Å². The van der Waals surface area contributed by atoms with Gasteiger partial charge in [-0.3, -0.25) is 4.98 Å². The molecular formula is C15H19N3O2S. The normalized spacial score (nSPS) is 13.1. The lowest BCUT2D eigenvalue weighted by Gasteiger charge is -2.16. The van der Waals surface area contributed by atoms with Gasteiger partial charge in [-0.1, -0.05) is 18.2 Å². The number of rotatable bonds is 5. The fraction of sp³-hybridized carbons (Fsp3) is 0.267. The van der Waals surface area contributed by atoms with Crippen LogP contribution in [-0.2, 0) is 16.6 Å². The van der Waals surface area contributed by atoms with E-state index in [0.717, 1.165) is 11.1 Å². The number of hydrogen-bond acceptors (Lipinski definition) is 4. The molecule has 0 aliphatic carbocycles. The van der Waals surface area contributed by atoms with Crippen LogP contribution in [0.4, 0.5) is 0 Å². The van der Waals surface area contributed by atoms with Gasteiger partial charge in [0.05, 0.1) is 4.90 Å². The molecule has 0 fully saturated rings. The van der Waals surface area contributed by atoms with E-state index < -0.39 is 10.0 Å². The maximum Gasteiger partial charge on any atom is 0.241 e. The van der Waals surface area contributed by atoms with Gasteiger partial charge in [0.15, 0.2) is 0 Å². The molecule has 0 aliphatic heterocycles. The summed E-state index contributed by atoms with van der Waals surface area (Å²) in [4.78, 5) is 4.27. The molecule has 1 aromatic heterocycles. The maximum atomic E-state index is 12.5. The zero-order valence-corrected chi connectivity index (χ0v) is 12.9. The van der Waals surface area contributed by atoms with Crippen LogP contribution in [0.5, 0.6) is 0 Å². The molecule has 112 valence electrons. The number of aryl methyl sites for hydroxylation is 1. The quantitative estimate of drug-likeness (QED) is 0.883. The Morgan fingerprint density at radius 3 is 2.67 bits per heavy atom. The van der Waals surface area contributed by atoms with Gasteiger partial charge in [-0.05, 0) is 42.7 Å². The fourth-order valence-electron chi connectivity index (χ4n) is 2.14. The van der Waals surface area contributed by atoms with Crippen molar-refractivity contribution in [1.29, 1.82) is 0 Å². The van der Waals surface area contributed by atoms with E-state index in [-0.39, 0.29) is 10.9 Å². The SMILES string of the molecule is Cc1cc(CN)ccc1S(=O)(=O)NC(C)c1cccnc1. The van der Waals surface area contributed by atoms with Crippen molar-refractivity contribution >= 4 is 10.0 Å². The van der Waals surface area contributed by atoms with Gasteiger partial charge in [0.25, 0.3) is 0 Å². The molecule has 6 heteroatoms. The van der Waals surface area contributed by atoms with Gasteiger partial charge < -0.3 is 5.73 Å². The van der Waals surface area contributed by atoms with E-state index in [1.54, 1.807) is 50.5 Å². The summed E-state index contributed by atoms with van der Waals surface area (Å²) >= 11 is 0. The molecule has 3 N–H and O–H groups in total. The molecule has 0 bridgehead atoms. The summed E-state index contributed by atoms with van der Waals surface area (Å²) in [5, 5.41) is 0. The Hall–Kier alpha value is -1.76. The fourth-order valence-corrected chi connectivity index (χ4v) is 3.59. The second-order valence-electron chi connectivity index (χ2n) is 4.93. The number of benzene rings is 1. The molecule has 0 amide bonds. The molecule has 21 heavy (non-hydrogen) atoms. The molecule has 0 spiro atoms. The molecule has 0 aliphatic rings. The minimum absolute atomic E-state index is 0.274. The van der Waals surface area contributed by atoms with Gasteiger partial charge in [0, 0.05) is 25.0 Å². The highest BCUT2D eigenvalue weighted by Crippen LogP contribution is 2.20. The first-order valence-electron chi connectivity index (χ1n) is 6.66. The van der Waals surface area contributed by atoms with Crippen molar-refractivity contribution in [3.63, 3.8) is 0 Å². The van der Waals surface area contributed by atoms with Crippen LogP contribution in [0.25, 0.3) is 0 Å². The monoisotopic (exact) mass is 305 g/mol. The Bertz CT molecular complexity index is 715. The van der Waals surface area contributed by atoms with Crippen LogP contribution in [0.15, 0.2) is 47.6 Å². The number of nitrogens with two attached hydrogens (primary N) is 1. The summed E-state index contributed by atoms with van der Waals surface area (Å²) < 4.78 is 27.6. The zero-order chi connectivity index (χ0) is 15.5. The van der Waals surface area contributed by atoms with Crippen molar-refractivity contribution < 1.29 is 8.42 Å². The molecule has 2 aromatic rings. The first-order chi connectivity index (χ1) is 9.94. The average molecular weight is 305 g/mol. The lowest BCUT2D eigenvalue weighted by Crippen LogP contribution is -2.27. The predicted molar refractivity (Wildman–Crippen MR) is 82.0 cm³/mol. The van der Waals surface area contributed by atoms with Crippen molar-refractivity contribution in [1.82, 2.24) is 9.71 Å². The summed E-state index contributed by atoms with van der Waals surface area (Å²) in [7, 11) is -3.58. The first kappa shape index (κ1) is 15.6. The summed E-state index contributed by atoms with van der Waals surface area (Å²) in [5.41, 5.74) is 7.97. The Balaban J connectivity index is 2.26. The molecule has 1 unspecified atom stereocenters. The zero-order valence-electron chi connectivity index (χ0n) is 12.1. The Morgan fingerprint density at radius 2 is 2.10 bits per heavy atom. The van der Waals surface area contributed by atoms with Crippen LogP contribution >= 0.6 is 0 Å². The molecule has 0 saturated carbocycles. The number of aromatic nitrogens is 1. The van der Waals surface area contributed by atoms with E-state index in [4.69, 9.17) is 5.73 Å². The number of sulfonamides is 1. The van der Waals surface area contributed by atoms with E-state index in [1.165, 1.54) is 0 Å². The van der Waals surface area contributed by atoms with Gasteiger partial charge in [0.1, 0.15) is 0 Å². The highest BCUT2D eigenvalue weighted by Gasteiger charge is 2.20. The van der Waals surface area contributed by atoms with Crippen molar-refractivity contribution in [3.8, 4) is 0 Å². The number of nitrogens with one attached hydrogen (secondary N) is 1. The topological polar surface area (TPSA) is 85.1 Å². The van der Waals surface area contributed by atoms with Crippen molar-refractivity contribution in [2.24, 2.45) is 5.73 Å². The lowest BCUT2D eigenvalue weighted by atomic mass is 10.1. The average Bonchev–Trinajstić information content (AvgIpc) is 2.47. The van der Waals surface area contributed by atoms with Gasteiger partial charge in [-0.2, -0.15) is 0 Å². The third kappa shape index (κ3) is 3.66. The maximum absolute atomic E-state index is 12.5. The lowest BCUT2D eigenvalue weighted by molar-refractivity contribution is 0.566. The largest absolute Gasteiger partial charge is 0.326 e. The molecule has 0 saturated heterocycles. The number of nitrogens with zero attached hydrogens (tertiary/aromatic N) is 1. The Labute approximate surface area is 125 Å². The first-order valence-corrected chi connectivity index (χ1v) is 8.14. The molecular weight excluding hydrogens is 286 g/mol. The molecule has 2 rings (SSSR count). The van der Waals surface area contributed by atoms with Crippen molar-refractivity contribution in [3.05, 3.63) is 59.4 Å². The standard InChI is InChI=1S/C15H19N3O2S/c1-11-8-13(9-16)5-6-15(11)21(19,20)18-12(2)14-4-3-7-17-10-14/h3-8,10,12,18H,9,16H2,1-2H3. The summed E-state index contributed by atoms with van der Waals surface area (Å²) in [6, 6.07) is 8.39. The van der Waals surface area contributed by atoms with Crippen molar-refractivity contribution in [2.75, 3.05) is 0 Å². The van der Waals surface area contributed by atoms with E-state index in [1.807, 2.05) is 6.07 Å². The summed E-state index contributed by atoms with van der Waals surface area (Å²) in [6.45, 7) is 3.95. The van der Waals surface area contributed by atoms with Gasteiger partial charge in [-0.25, -0.2) is 13.1 Å². The molecule has 0 radical (unpaired) electrons. The smallest absolute Gasteiger partial charge is 0.241 e. The van der Waals surface area contributed by atoms with E-state index >= 15 is 0 Å². The minimum atomic E-state index is -3.58. The van der Waals surface area contributed by atoms with Crippen LogP contribution in [-0.4, -0.2) is 13.4 Å². The van der Waals surface area contributed by atoms with E-state index in [2.05, 4.69) is 9.71 Å². The third-order valence-corrected chi connectivity index (χ3v) is 4.98. The summed E-state index contributed by atoms with van der Waals surface area (Å²) in [6.07, 6.45) is 3.30. The molecule has 1 atom stereocenters. The second kappa shape index (κ2) is 6.34. The number of pyridine rings is 1. The Morgan fingerprint density at radius 1 is 1.33 bits per heavy atom. The van der Waals surface area contributed by atoms with Gasteiger partial charge in [0.2, 0.25) is 10.0 Å². The summed E-state index contributed by atoms with van der Waals surface area (Å²) in [5.74, 6) is 0. The second-order valence-corrected chi connectivity index (χ2v) is 6.62. The van der Waals surface area contributed by atoms with Crippen LogP contribution in [0.2, 0.25) is 0 Å². The van der Waals surface area contributed by atoms with E-state index in [0.29, 0.717) is 12.1 Å². The highest BCUT2D eigenvalue weighted by molar-refractivity contribution is 7.89. The molecule has 5 nitrogen and oxygen atoms in total. The number of hydrogen-bond donors (Lipinski definition) is 2. The predicted octanol–water partition coefficient (Wildman–Crippen LogP) is 1.89. The third-order valence-electron chi connectivity index (χ3n) is 3.28. The van der Waals surface area contributed by atoms with Crippen LogP contribution in [0, 0.1) is 6.92 Å². The van der Waals surface area contributed by atoms with E-state index in [9.17, 15) is 8.42 Å². The molecule has 1 aromatic carbocycles. The van der Waals surface area contributed by atoms with Crippen LogP contribution in [0.3, 0.4) is 0 Å². The Kier molecular flexibility index (Phi) is 4.72. The van der Waals surface area contributed by atoms with Gasteiger partial charge in [-0.15, -0.1) is 0 Å².